The van der Waals surface area contributed by atoms with E-state index < -0.39 is 11.6 Å². The second-order valence-corrected chi connectivity index (χ2v) is 4.84. The van der Waals surface area contributed by atoms with E-state index in [0.717, 1.165) is 22.3 Å². The van der Waals surface area contributed by atoms with Crippen molar-refractivity contribution in [2.75, 3.05) is 12.4 Å². The van der Waals surface area contributed by atoms with Gasteiger partial charge in [-0.2, -0.15) is 4.37 Å². The highest BCUT2D eigenvalue weighted by molar-refractivity contribution is 7.10. The average Bonchev–Trinajstić information content (AvgIpc) is 2.97. The van der Waals surface area contributed by atoms with Gasteiger partial charge in [0, 0.05) is 7.05 Å². The third kappa shape index (κ3) is 1.77. The van der Waals surface area contributed by atoms with Gasteiger partial charge in [0.05, 0.1) is 16.8 Å². The van der Waals surface area contributed by atoms with Crippen molar-refractivity contribution in [3.05, 3.63) is 29.5 Å². The molecule has 0 spiro atoms. The quantitative estimate of drug-likeness (QED) is 0.757. The number of hydrogen-bond acceptors (Lipinski definition) is 4. The maximum Gasteiger partial charge on any atom is 0.186 e. The zero-order valence-electron chi connectivity index (χ0n) is 10.2. The minimum Gasteiger partial charge on any atom is -0.378 e. The monoisotopic (exact) mass is 280 g/mol. The number of nitrogens with zero attached hydrogens (tertiary/aromatic N) is 2. The van der Waals surface area contributed by atoms with Crippen molar-refractivity contribution in [3.63, 3.8) is 0 Å². The van der Waals surface area contributed by atoms with Crippen LogP contribution in [-0.4, -0.2) is 21.4 Å². The fraction of sp³-hybridized carbons (Fsp3) is 0.167. The van der Waals surface area contributed by atoms with Crippen LogP contribution in [0.15, 0.2) is 12.1 Å². The third-order valence-corrected chi connectivity index (χ3v) is 3.83. The molecule has 2 heterocycles. The van der Waals surface area contributed by atoms with Crippen molar-refractivity contribution in [3.8, 4) is 11.4 Å². The third-order valence-electron chi connectivity index (χ3n) is 2.87. The van der Waals surface area contributed by atoms with E-state index in [4.69, 9.17) is 0 Å². The lowest BCUT2D eigenvalue weighted by Crippen LogP contribution is -1.89. The first kappa shape index (κ1) is 12.0. The van der Waals surface area contributed by atoms with Gasteiger partial charge in [-0.05, 0) is 30.6 Å². The molecule has 0 saturated heterocycles. The highest BCUT2D eigenvalue weighted by atomic mass is 32.1. The molecule has 0 aliphatic carbocycles. The first-order valence-electron chi connectivity index (χ1n) is 5.60. The summed E-state index contributed by atoms with van der Waals surface area (Å²) in [5.41, 5.74) is 2.03. The van der Waals surface area contributed by atoms with Crippen LogP contribution >= 0.6 is 11.5 Å². The Balaban J connectivity index is 2.26. The van der Waals surface area contributed by atoms with Crippen molar-refractivity contribution in [2.24, 2.45) is 0 Å². The number of H-pyrrole nitrogens is 1. The topological polar surface area (TPSA) is 53.6 Å². The SMILES string of the molecule is CNc1snc(C)c1-c1nc2c(F)c(F)ccc2[nH]1. The van der Waals surface area contributed by atoms with Gasteiger partial charge in [0.25, 0.3) is 0 Å². The van der Waals surface area contributed by atoms with Crippen LogP contribution < -0.4 is 5.32 Å². The van der Waals surface area contributed by atoms with Crippen molar-refractivity contribution in [2.45, 2.75) is 6.92 Å². The molecule has 0 saturated carbocycles. The van der Waals surface area contributed by atoms with Gasteiger partial charge in [-0.15, -0.1) is 0 Å². The fourth-order valence-electron chi connectivity index (χ4n) is 1.96. The Hall–Kier alpha value is -2.02. The molecular formula is C12H10F2N4S. The molecule has 1 aromatic carbocycles. The van der Waals surface area contributed by atoms with Crippen molar-refractivity contribution >= 4 is 27.6 Å². The Morgan fingerprint density at radius 1 is 1.32 bits per heavy atom. The number of aromatic amines is 1. The second kappa shape index (κ2) is 4.27. The van der Waals surface area contributed by atoms with Crippen LogP contribution in [-0.2, 0) is 0 Å². The van der Waals surface area contributed by atoms with E-state index >= 15 is 0 Å². The predicted molar refractivity (Wildman–Crippen MR) is 71.4 cm³/mol. The summed E-state index contributed by atoms with van der Waals surface area (Å²) >= 11 is 1.30. The molecule has 0 atom stereocenters. The van der Waals surface area contributed by atoms with Gasteiger partial charge in [-0.25, -0.2) is 13.8 Å². The summed E-state index contributed by atoms with van der Waals surface area (Å²) in [5, 5.41) is 3.84. The summed E-state index contributed by atoms with van der Waals surface area (Å²) < 4.78 is 31.0. The zero-order chi connectivity index (χ0) is 13.6. The summed E-state index contributed by atoms with van der Waals surface area (Å²) in [6, 6.07) is 2.55. The van der Waals surface area contributed by atoms with Crippen LogP contribution in [0.5, 0.6) is 0 Å². The van der Waals surface area contributed by atoms with Crippen molar-refractivity contribution in [1.29, 1.82) is 0 Å². The summed E-state index contributed by atoms with van der Waals surface area (Å²) in [7, 11) is 1.78. The van der Waals surface area contributed by atoms with Crippen LogP contribution in [0.1, 0.15) is 5.69 Å². The van der Waals surface area contributed by atoms with Gasteiger partial charge in [0.2, 0.25) is 0 Å². The van der Waals surface area contributed by atoms with Crippen LogP contribution in [0.2, 0.25) is 0 Å². The summed E-state index contributed by atoms with van der Waals surface area (Å²) in [6.07, 6.45) is 0. The highest BCUT2D eigenvalue weighted by Gasteiger charge is 2.18. The first-order chi connectivity index (χ1) is 9.11. The summed E-state index contributed by atoms with van der Waals surface area (Å²) in [5.74, 6) is -1.36. The Labute approximate surface area is 111 Å². The first-order valence-corrected chi connectivity index (χ1v) is 6.37. The predicted octanol–water partition coefficient (Wildman–Crippen LogP) is 3.31. The van der Waals surface area contributed by atoms with Crippen LogP contribution in [0, 0.1) is 18.6 Å². The van der Waals surface area contributed by atoms with Crippen LogP contribution in [0.25, 0.3) is 22.4 Å². The smallest absolute Gasteiger partial charge is 0.186 e. The normalized spacial score (nSPS) is 11.2. The van der Waals surface area contributed by atoms with Crippen molar-refractivity contribution < 1.29 is 8.78 Å². The van der Waals surface area contributed by atoms with Crippen LogP contribution in [0.3, 0.4) is 0 Å². The highest BCUT2D eigenvalue weighted by Crippen LogP contribution is 2.34. The number of rotatable bonds is 2. The van der Waals surface area contributed by atoms with E-state index in [9.17, 15) is 8.78 Å². The van der Waals surface area contributed by atoms with Crippen molar-refractivity contribution in [1.82, 2.24) is 14.3 Å². The number of anilines is 1. The minimum atomic E-state index is -0.938. The standard InChI is InChI=1S/C12H10F2N4S/c1-5-8(12(15-2)19-18-5)11-16-7-4-3-6(13)9(14)10(7)17-11/h3-4,15H,1-2H3,(H,16,17). The van der Waals surface area contributed by atoms with Gasteiger partial charge < -0.3 is 10.3 Å². The number of aryl methyl sites for hydroxylation is 1. The molecule has 3 rings (SSSR count). The molecule has 7 heteroatoms. The van der Waals surface area contributed by atoms with E-state index in [1.54, 1.807) is 7.05 Å². The molecule has 2 aromatic heterocycles. The van der Waals surface area contributed by atoms with Gasteiger partial charge in [0.1, 0.15) is 16.3 Å². The summed E-state index contributed by atoms with van der Waals surface area (Å²) in [6.45, 7) is 1.84. The van der Waals surface area contributed by atoms with Gasteiger partial charge >= 0.3 is 0 Å². The van der Waals surface area contributed by atoms with E-state index in [0.29, 0.717) is 11.3 Å². The number of aromatic nitrogens is 3. The number of imidazole rings is 1. The second-order valence-electron chi connectivity index (χ2n) is 4.07. The molecule has 98 valence electrons. The largest absolute Gasteiger partial charge is 0.378 e. The maximum absolute atomic E-state index is 13.7. The molecule has 2 N–H and O–H groups in total. The Morgan fingerprint density at radius 2 is 2.11 bits per heavy atom. The molecule has 0 fully saturated rings. The lowest BCUT2D eigenvalue weighted by molar-refractivity contribution is 0.515. The van der Waals surface area contributed by atoms with E-state index in [1.165, 1.54) is 17.6 Å². The van der Waals surface area contributed by atoms with Gasteiger partial charge in [-0.1, -0.05) is 0 Å². The van der Waals surface area contributed by atoms with Crippen LogP contribution in [0.4, 0.5) is 13.8 Å². The Bertz CT molecular complexity index is 763. The Morgan fingerprint density at radius 3 is 2.84 bits per heavy atom. The molecule has 0 unspecified atom stereocenters. The zero-order valence-corrected chi connectivity index (χ0v) is 11.0. The fourth-order valence-corrected chi connectivity index (χ4v) is 2.70. The number of halogens is 2. The van der Waals surface area contributed by atoms with E-state index in [1.807, 2.05) is 6.92 Å². The van der Waals surface area contributed by atoms with Gasteiger partial charge in [-0.3, -0.25) is 0 Å². The molecule has 0 aliphatic heterocycles. The Kier molecular flexibility index (Phi) is 2.70. The number of benzene rings is 1. The lowest BCUT2D eigenvalue weighted by atomic mass is 10.2. The molecule has 0 amide bonds. The van der Waals surface area contributed by atoms with E-state index in [-0.39, 0.29) is 5.52 Å². The maximum atomic E-state index is 13.7. The van der Waals surface area contributed by atoms with E-state index in [2.05, 4.69) is 19.7 Å². The molecule has 19 heavy (non-hydrogen) atoms. The number of fused-ring (bicyclic) bond motifs is 1. The molecule has 0 bridgehead atoms. The molecule has 4 nitrogen and oxygen atoms in total. The van der Waals surface area contributed by atoms with Gasteiger partial charge in [0.15, 0.2) is 11.6 Å². The summed E-state index contributed by atoms with van der Waals surface area (Å²) in [4.78, 5) is 7.13. The molecular weight excluding hydrogens is 270 g/mol. The molecule has 3 aromatic rings. The number of hydrogen-bond donors (Lipinski definition) is 2. The molecule has 0 aliphatic rings. The average molecular weight is 280 g/mol. The minimum absolute atomic E-state index is 0.00246. The molecule has 0 radical (unpaired) electrons. The number of nitrogens with one attached hydrogen (secondary N) is 2. The lowest BCUT2D eigenvalue weighted by Gasteiger charge is -1.98.